The van der Waals surface area contributed by atoms with E-state index in [1.165, 1.54) is 12.2 Å². The number of rotatable bonds is 3. The molecule has 2 rings (SSSR count). The largest absolute Gasteiger partial charge is 0.480 e. The van der Waals surface area contributed by atoms with Crippen molar-refractivity contribution < 1.29 is 19.8 Å². The minimum Gasteiger partial charge on any atom is -0.480 e. The minimum atomic E-state index is -2.38. The number of aliphatic carboxylic acids is 2. The Morgan fingerprint density at radius 2 is 1.55 bits per heavy atom. The summed E-state index contributed by atoms with van der Waals surface area (Å²) >= 11 is 0. The van der Waals surface area contributed by atoms with Gasteiger partial charge in [0.15, 0.2) is 0 Å². The predicted octanol–water partition coefficient (Wildman–Crippen LogP) is 0.409. The maximum Gasteiger partial charge on any atom is 0.328 e. The van der Waals surface area contributed by atoms with Crippen molar-refractivity contribution in [3.8, 4) is 0 Å². The fourth-order valence-electron chi connectivity index (χ4n) is 2.19. The van der Waals surface area contributed by atoms with Gasteiger partial charge in [-0.05, 0) is 17.2 Å². The molecule has 0 aliphatic heterocycles. The Morgan fingerprint density at radius 3 is 2.00 bits per heavy atom. The van der Waals surface area contributed by atoms with Gasteiger partial charge in [-0.15, -0.1) is 0 Å². The molecule has 6 heteroatoms. The van der Waals surface area contributed by atoms with Gasteiger partial charge >= 0.3 is 11.9 Å². The first-order valence-corrected chi connectivity index (χ1v) is 5.83. The van der Waals surface area contributed by atoms with Gasteiger partial charge in [-0.3, -0.25) is 9.59 Å². The van der Waals surface area contributed by atoms with Crippen molar-refractivity contribution in [2.45, 2.75) is 5.66 Å². The van der Waals surface area contributed by atoms with Gasteiger partial charge in [-0.1, -0.05) is 42.5 Å². The molecule has 6 nitrogen and oxygen atoms in total. The molecule has 1 aromatic rings. The lowest BCUT2D eigenvalue weighted by Gasteiger charge is -2.38. The molecule has 0 amide bonds. The maximum atomic E-state index is 11.4. The molecule has 0 spiro atoms. The van der Waals surface area contributed by atoms with Crippen LogP contribution in [0.5, 0.6) is 0 Å². The van der Waals surface area contributed by atoms with Gasteiger partial charge in [0.1, 0.15) is 5.66 Å². The minimum absolute atomic E-state index is 0.578. The number of hydrogen-bond donors (Lipinski definition) is 4. The van der Waals surface area contributed by atoms with E-state index in [4.69, 9.17) is 11.5 Å². The molecule has 0 fully saturated rings. The van der Waals surface area contributed by atoms with Gasteiger partial charge in [0.05, 0.1) is 0 Å². The number of carbonyl (C=O) groups is 2. The standard InChI is InChI=1S/C14H14N2O4/c15-14(16)8-10(9-4-2-1-3-5-9)6-7-13(14,11(17)18)12(19)20/h1-8H,15-16H2,(H,17,18)(H,19,20). The zero-order chi connectivity index (χ0) is 15.0. The van der Waals surface area contributed by atoms with Crippen LogP contribution < -0.4 is 11.5 Å². The highest BCUT2D eigenvalue weighted by molar-refractivity contribution is 6.04. The Hall–Kier alpha value is -2.44. The topological polar surface area (TPSA) is 127 Å². The Morgan fingerprint density at radius 1 is 1.00 bits per heavy atom. The highest BCUT2D eigenvalue weighted by Gasteiger charge is 2.58. The van der Waals surface area contributed by atoms with Gasteiger partial charge in [0.2, 0.25) is 5.41 Å². The number of carboxylic acid groups (broad SMARTS) is 2. The molecule has 6 N–H and O–H groups in total. The molecular weight excluding hydrogens is 260 g/mol. The summed E-state index contributed by atoms with van der Waals surface area (Å²) in [7, 11) is 0. The maximum absolute atomic E-state index is 11.4. The van der Waals surface area contributed by atoms with Gasteiger partial charge in [0.25, 0.3) is 0 Å². The second-order valence-corrected chi connectivity index (χ2v) is 4.65. The molecule has 1 aliphatic rings. The molecule has 0 saturated heterocycles. The Balaban J connectivity index is 2.54. The second-order valence-electron chi connectivity index (χ2n) is 4.65. The quantitative estimate of drug-likeness (QED) is 0.467. The van der Waals surface area contributed by atoms with Crippen molar-refractivity contribution >= 4 is 17.5 Å². The average Bonchev–Trinajstić information content (AvgIpc) is 2.37. The lowest BCUT2D eigenvalue weighted by molar-refractivity contribution is -0.164. The number of benzene rings is 1. The zero-order valence-corrected chi connectivity index (χ0v) is 10.5. The molecule has 0 unspecified atom stereocenters. The Bertz CT molecular complexity index is 603. The summed E-state index contributed by atoms with van der Waals surface area (Å²) in [6.45, 7) is 0. The Labute approximate surface area is 115 Å². The second kappa shape index (κ2) is 4.59. The van der Waals surface area contributed by atoms with Crippen molar-refractivity contribution in [2.75, 3.05) is 0 Å². The molecule has 0 aromatic heterocycles. The van der Waals surface area contributed by atoms with E-state index in [0.29, 0.717) is 5.57 Å². The lowest BCUT2D eigenvalue weighted by atomic mass is 9.71. The zero-order valence-electron chi connectivity index (χ0n) is 10.5. The van der Waals surface area contributed by atoms with Crippen LogP contribution in [-0.4, -0.2) is 27.8 Å². The fourth-order valence-corrected chi connectivity index (χ4v) is 2.19. The summed E-state index contributed by atoms with van der Waals surface area (Å²) in [6, 6.07) is 9.01. The third-order valence-electron chi connectivity index (χ3n) is 3.37. The van der Waals surface area contributed by atoms with Crippen LogP contribution in [0.4, 0.5) is 0 Å². The Kier molecular flexibility index (Phi) is 3.21. The summed E-state index contributed by atoms with van der Waals surface area (Å²) in [4.78, 5) is 22.7. The van der Waals surface area contributed by atoms with Gasteiger partial charge in [-0.2, -0.15) is 0 Å². The first-order chi connectivity index (χ1) is 9.31. The van der Waals surface area contributed by atoms with E-state index >= 15 is 0 Å². The highest BCUT2D eigenvalue weighted by Crippen LogP contribution is 2.37. The summed E-state index contributed by atoms with van der Waals surface area (Å²) in [6.07, 6.45) is 3.71. The number of hydrogen-bond acceptors (Lipinski definition) is 4. The number of allylic oxidation sites excluding steroid dienone is 2. The fraction of sp³-hybridized carbons (Fsp3) is 0.143. The predicted molar refractivity (Wildman–Crippen MR) is 72.4 cm³/mol. The molecule has 104 valence electrons. The van der Waals surface area contributed by atoms with Crippen LogP contribution in [0.1, 0.15) is 5.56 Å². The van der Waals surface area contributed by atoms with Crippen LogP contribution in [-0.2, 0) is 9.59 Å². The third kappa shape index (κ3) is 1.91. The van der Waals surface area contributed by atoms with Crippen LogP contribution in [0.15, 0.2) is 48.6 Å². The molecule has 0 bridgehead atoms. The van der Waals surface area contributed by atoms with Crippen molar-refractivity contribution in [1.29, 1.82) is 0 Å². The molecule has 0 radical (unpaired) electrons. The van der Waals surface area contributed by atoms with Gasteiger partial charge in [0, 0.05) is 0 Å². The van der Waals surface area contributed by atoms with Crippen LogP contribution in [0.3, 0.4) is 0 Å². The van der Waals surface area contributed by atoms with Crippen LogP contribution in [0.25, 0.3) is 5.57 Å². The lowest BCUT2D eigenvalue weighted by Crippen LogP contribution is -2.67. The molecule has 0 saturated carbocycles. The van der Waals surface area contributed by atoms with E-state index in [1.807, 2.05) is 6.07 Å². The first kappa shape index (κ1) is 14.0. The summed E-state index contributed by atoms with van der Waals surface area (Å²) in [5.74, 6) is -3.20. The van der Waals surface area contributed by atoms with E-state index in [9.17, 15) is 19.8 Å². The van der Waals surface area contributed by atoms with E-state index in [1.54, 1.807) is 24.3 Å². The molecule has 0 heterocycles. The van der Waals surface area contributed by atoms with Crippen molar-refractivity contribution in [1.82, 2.24) is 0 Å². The average molecular weight is 274 g/mol. The van der Waals surface area contributed by atoms with Crippen LogP contribution in [0.2, 0.25) is 0 Å². The summed E-state index contributed by atoms with van der Waals surface area (Å²) in [5.41, 5.74) is 8.48. The number of carboxylic acids is 2. The third-order valence-corrected chi connectivity index (χ3v) is 3.37. The van der Waals surface area contributed by atoms with E-state index < -0.39 is 23.0 Å². The van der Waals surface area contributed by atoms with E-state index in [0.717, 1.165) is 11.6 Å². The highest BCUT2D eigenvalue weighted by atomic mass is 16.4. The first-order valence-electron chi connectivity index (χ1n) is 5.83. The normalized spacial score (nSPS) is 19.2. The molecule has 1 aliphatic carbocycles. The number of nitrogens with two attached hydrogens (primary N) is 2. The molecule has 0 atom stereocenters. The summed E-state index contributed by atoms with van der Waals surface area (Å²) in [5, 5.41) is 18.5. The SMILES string of the molecule is NC1(N)C=C(c2ccccc2)C=CC1(C(=O)O)C(=O)O. The monoisotopic (exact) mass is 274 g/mol. The van der Waals surface area contributed by atoms with Crippen LogP contribution in [0, 0.1) is 5.41 Å². The van der Waals surface area contributed by atoms with Gasteiger partial charge in [-0.25, -0.2) is 0 Å². The summed E-state index contributed by atoms with van der Waals surface area (Å²) < 4.78 is 0. The van der Waals surface area contributed by atoms with Gasteiger partial charge < -0.3 is 21.7 Å². The van der Waals surface area contributed by atoms with Crippen LogP contribution >= 0.6 is 0 Å². The van der Waals surface area contributed by atoms with Crippen molar-refractivity contribution in [2.24, 2.45) is 16.9 Å². The molecule has 20 heavy (non-hydrogen) atoms. The van der Waals surface area contributed by atoms with E-state index in [-0.39, 0.29) is 0 Å². The van der Waals surface area contributed by atoms with E-state index in [2.05, 4.69) is 0 Å². The van der Waals surface area contributed by atoms with Crippen molar-refractivity contribution in [3.05, 3.63) is 54.1 Å². The smallest absolute Gasteiger partial charge is 0.328 e. The molecular formula is C14H14N2O4. The molecule has 1 aromatic carbocycles. The van der Waals surface area contributed by atoms with Crippen molar-refractivity contribution in [3.63, 3.8) is 0 Å².